The lowest BCUT2D eigenvalue weighted by Crippen LogP contribution is -2.37. The van der Waals surface area contributed by atoms with Crippen LogP contribution in [0, 0.1) is 0 Å². The highest BCUT2D eigenvalue weighted by Gasteiger charge is 2.29. The Morgan fingerprint density at radius 2 is 2.19 bits per heavy atom. The van der Waals surface area contributed by atoms with Gasteiger partial charge < -0.3 is 9.84 Å². The molecule has 2 aliphatic rings. The van der Waals surface area contributed by atoms with Crippen molar-refractivity contribution in [2.45, 2.75) is 64.1 Å². The Balaban J connectivity index is 1.34. The van der Waals surface area contributed by atoms with E-state index in [1.807, 2.05) is 4.68 Å². The maximum atomic E-state index is 5.29. The van der Waals surface area contributed by atoms with Crippen LogP contribution in [0.2, 0.25) is 0 Å². The molecule has 1 fully saturated rings. The quantitative estimate of drug-likeness (QED) is 0.890. The van der Waals surface area contributed by atoms with Crippen molar-refractivity contribution in [2.75, 3.05) is 0 Å². The summed E-state index contributed by atoms with van der Waals surface area (Å²) in [6.45, 7) is 3.59. The molecule has 1 atom stereocenters. The van der Waals surface area contributed by atoms with Gasteiger partial charge in [0, 0.05) is 24.8 Å². The lowest BCUT2D eigenvalue weighted by Gasteiger charge is -2.22. The normalized spacial score (nSPS) is 21.5. The summed E-state index contributed by atoms with van der Waals surface area (Å²) in [6, 6.07) is 0.389. The minimum Gasteiger partial charge on any atom is -0.338 e. The molecule has 21 heavy (non-hydrogen) atoms. The predicted molar refractivity (Wildman–Crippen MR) is 74.6 cm³/mol. The minimum atomic E-state index is 0.389. The number of aryl methyl sites for hydroxylation is 2. The summed E-state index contributed by atoms with van der Waals surface area (Å²) in [5.41, 5.74) is 0. The second-order valence-electron chi connectivity index (χ2n) is 5.92. The summed E-state index contributed by atoms with van der Waals surface area (Å²) in [6.07, 6.45) is 5.34. The summed E-state index contributed by atoms with van der Waals surface area (Å²) in [5.74, 6) is 4.16. The van der Waals surface area contributed by atoms with Gasteiger partial charge in [0.1, 0.15) is 5.82 Å². The zero-order valence-corrected chi connectivity index (χ0v) is 12.2. The zero-order chi connectivity index (χ0) is 14.2. The van der Waals surface area contributed by atoms with E-state index in [1.54, 1.807) is 0 Å². The molecule has 3 heterocycles. The predicted octanol–water partition coefficient (Wildman–Crippen LogP) is 1.21. The molecule has 0 aromatic carbocycles. The molecular weight excluding hydrogens is 268 g/mol. The minimum absolute atomic E-state index is 0.389. The number of hydrogen-bond acceptors (Lipinski definition) is 6. The van der Waals surface area contributed by atoms with Crippen LogP contribution in [0.1, 0.15) is 55.5 Å². The molecule has 1 aliphatic heterocycles. The van der Waals surface area contributed by atoms with E-state index in [9.17, 15) is 0 Å². The summed E-state index contributed by atoms with van der Waals surface area (Å²) in [7, 11) is 0. The lowest BCUT2D eigenvalue weighted by molar-refractivity contribution is 0.319. The molecule has 1 N–H and O–H groups in total. The fraction of sp³-hybridized carbons (Fsp3) is 0.714. The molecule has 0 unspecified atom stereocenters. The van der Waals surface area contributed by atoms with Gasteiger partial charge in [-0.05, 0) is 19.3 Å². The Kier molecular flexibility index (Phi) is 3.21. The number of hydrogen-bond donors (Lipinski definition) is 1. The third-order valence-corrected chi connectivity index (χ3v) is 4.19. The van der Waals surface area contributed by atoms with Crippen LogP contribution in [-0.4, -0.2) is 30.9 Å². The van der Waals surface area contributed by atoms with Crippen LogP contribution >= 0.6 is 0 Å². The van der Waals surface area contributed by atoms with Crippen LogP contribution in [0.25, 0.3) is 0 Å². The first-order valence-corrected chi connectivity index (χ1v) is 7.80. The summed E-state index contributed by atoms with van der Waals surface area (Å²) in [5, 5.41) is 12.1. The van der Waals surface area contributed by atoms with Crippen LogP contribution in [0.15, 0.2) is 4.52 Å². The van der Waals surface area contributed by atoms with Gasteiger partial charge in [0.05, 0.1) is 13.1 Å². The molecule has 112 valence electrons. The van der Waals surface area contributed by atoms with Gasteiger partial charge >= 0.3 is 0 Å². The van der Waals surface area contributed by atoms with Crippen LogP contribution in [0.5, 0.6) is 0 Å². The third kappa shape index (κ3) is 2.70. The van der Waals surface area contributed by atoms with Crippen molar-refractivity contribution in [2.24, 2.45) is 0 Å². The number of aromatic nitrogens is 5. The molecule has 2 aromatic rings. The van der Waals surface area contributed by atoms with Crippen molar-refractivity contribution < 1.29 is 4.52 Å². The Hall–Kier alpha value is -1.76. The monoisotopic (exact) mass is 288 g/mol. The fourth-order valence-corrected chi connectivity index (χ4v) is 2.76. The van der Waals surface area contributed by atoms with Gasteiger partial charge in [-0.25, -0.2) is 9.67 Å². The van der Waals surface area contributed by atoms with E-state index >= 15 is 0 Å². The van der Waals surface area contributed by atoms with Crippen molar-refractivity contribution in [3.63, 3.8) is 0 Å². The van der Waals surface area contributed by atoms with Crippen molar-refractivity contribution in [3.05, 3.63) is 23.4 Å². The molecule has 0 saturated heterocycles. The van der Waals surface area contributed by atoms with Crippen molar-refractivity contribution in [1.29, 1.82) is 0 Å². The molecule has 7 heteroatoms. The topological polar surface area (TPSA) is 81.7 Å². The first kappa shape index (κ1) is 12.9. The number of rotatable bonds is 5. The molecule has 4 rings (SSSR count). The zero-order valence-electron chi connectivity index (χ0n) is 12.2. The van der Waals surface area contributed by atoms with Crippen molar-refractivity contribution >= 4 is 0 Å². The smallest absolute Gasteiger partial charge is 0.240 e. The number of fused-ring (bicyclic) bond motifs is 1. The maximum absolute atomic E-state index is 5.29. The molecular formula is C14H20N6O. The highest BCUT2D eigenvalue weighted by atomic mass is 16.5. The van der Waals surface area contributed by atoms with Gasteiger partial charge in [0.25, 0.3) is 0 Å². The molecule has 0 amide bonds. The highest BCUT2D eigenvalue weighted by molar-refractivity contribution is 5.03. The molecule has 0 radical (unpaired) electrons. The van der Waals surface area contributed by atoms with Gasteiger partial charge in [-0.3, -0.25) is 0 Å². The molecule has 0 spiro atoms. The lowest BCUT2D eigenvalue weighted by atomic mass is 10.1. The van der Waals surface area contributed by atoms with Gasteiger partial charge in [-0.15, -0.1) is 0 Å². The first-order valence-electron chi connectivity index (χ1n) is 7.80. The summed E-state index contributed by atoms with van der Waals surface area (Å²) >= 11 is 0. The van der Waals surface area contributed by atoms with Crippen LogP contribution in [-0.2, 0) is 25.9 Å². The average Bonchev–Trinajstić information content (AvgIpc) is 3.11. The van der Waals surface area contributed by atoms with E-state index in [2.05, 4.69) is 32.5 Å². The molecule has 1 aliphatic carbocycles. The standard InChI is InChI=1S/C14H20N6O/c1-2-11-16-12-6-5-10(8-20(12)18-11)15-7-13-17-14(19-21-13)9-3-4-9/h9-10,15H,2-8H2,1H3/t10-/m1/s1. The van der Waals surface area contributed by atoms with Crippen molar-refractivity contribution in [3.8, 4) is 0 Å². The molecule has 2 aromatic heterocycles. The van der Waals surface area contributed by atoms with E-state index in [4.69, 9.17) is 4.52 Å². The van der Waals surface area contributed by atoms with E-state index in [0.29, 0.717) is 24.4 Å². The van der Waals surface area contributed by atoms with Crippen LogP contribution < -0.4 is 5.32 Å². The summed E-state index contributed by atoms with van der Waals surface area (Å²) in [4.78, 5) is 8.98. The molecule has 0 bridgehead atoms. The number of nitrogens with one attached hydrogen (secondary N) is 1. The second-order valence-corrected chi connectivity index (χ2v) is 5.92. The Morgan fingerprint density at radius 1 is 1.29 bits per heavy atom. The Morgan fingerprint density at radius 3 is 3.00 bits per heavy atom. The summed E-state index contributed by atoms with van der Waals surface area (Å²) < 4.78 is 7.32. The third-order valence-electron chi connectivity index (χ3n) is 4.19. The second kappa shape index (κ2) is 5.22. The highest BCUT2D eigenvalue weighted by Crippen LogP contribution is 2.38. The van der Waals surface area contributed by atoms with E-state index in [1.165, 1.54) is 12.8 Å². The Bertz CT molecular complexity index is 629. The fourth-order valence-electron chi connectivity index (χ4n) is 2.76. The van der Waals surface area contributed by atoms with E-state index in [0.717, 1.165) is 43.3 Å². The SMILES string of the molecule is CCc1nc2n(n1)C[C@H](NCc1nc(C3CC3)no1)CC2. The molecule has 7 nitrogen and oxygen atoms in total. The van der Waals surface area contributed by atoms with Gasteiger partial charge in [-0.1, -0.05) is 12.1 Å². The van der Waals surface area contributed by atoms with Crippen molar-refractivity contribution in [1.82, 2.24) is 30.2 Å². The van der Waals surface area contributed by atoms with Gasteiger partial charge in [0.2, 0.25) is 5.89 Å². The van der Waals surface area contributed by atoms with Crippen LogP contribution in [0.3, 0.4) is 0 Å². The van der Waals surface area contributed by atoms with Gasteiger partial charge in [-0.2, -0.15) is 10.1 Å². The average molecular weight is 288 g/mol. The Labute approximate surface area is 123 Å². The van der Waals surface area contributed by atoms with E-state index in [-0.39, 0.29) is 0 Å². The number of nitrogens with zero attached hydrogens (tertiary/aromatic N) is 5. The van der Waals surface area contributed by atoms with Crippen LogP contribution in [0.4, 0.5) is 0 Å². The van der Waals surface area contributed by atoms with E-state index < -0.39 is 0 Å². The first-order chi connectivity index (χ1) is 10.3. The van der Waals surface area contributed by atoms with Gasteiger partial charge in [0.15, 0.2) is 11.6 Å². The molecule has 1 saturated carbocycles. The maximum Gasteiger partial charge on any atom is 0.240 e. The largest absolute Gasteiger partial charge is 0.338 e.